The number of carbonyl (C=O) groups excluding carboxylic acids is 4. The number of nitrogens with zero attached hydrogens (tertiary/aromatic N) is 4. The summed E-state index contributed by atoms with van der Waals surface area (Å²) in [5.41, 5.74) is 4.10. The van der Waals surface area contributed by atoms with E-state index in [0.29, 0.717) is 13.1 Å². The third kappa shape index (κ3) is 7.40. The molecule has 1 unspecified atom stereocenters. The number of rotatable bonds is 11. The highest BCUT2D eigenvalue weighted by atomic mass is 16.5. The number of hydrogen-bond acceptors (Lipinski definition) is 8. The van der Waals surface area contributed by atoms with Crippen molar-refractivity contribution in [3.63, 3.8) is 0 Å². The number of amides is 4. The monoisotopic (exact) mass is 784 g/mol. The summed E-state index contributed by atoms with van der Waals surface area (Å²) in [6, 6.07) is 7.40. The molecule has 3 saturated carbocycles. The first-order valence-electron chi connectivity index (χ1n) is 20.8. The first-order valence-corrected chi connectivity index (χ1v) is 20.8. The van der Waals surface area contributed by atoms with Gasteiger partial charge in [-0.15, -0.1) is 0 Å². The second kappa shape index (κ2) is 15.8. The number of fused-ring (bicyclic) bond motifs is 3. The molecule has 4 N–H and O–H groups in total. The van der Waals surface area contributed by atoms with Crippen LogP contribution >= 0.6 is 0 Å². The number of benzene rings is 1. The Morgan fingerprint density at radius 2 is 1.35 bits per heavy atom. The molecule has 5 aliphatic rings. The summed E-state index contributed by atoms with van der Waals surface area (Å²) in [6.45, 7) is 11.0. The Morgan fingerprint density at radius 3 is 1.95 bits per heavy atom. The van der Waals surface area contributed by atoms with Crippen molar-refractivity contribution in [3.8, 4) is 11.3 Å². The second-order valence-corrected chi connectivity index (χ2v) is 17.7. The maximum Gasteiger partial charge on any atom is 0.407 e. The smallest absolute Gasteiger partial charge is 0.407 e. The van der Waals surface area contributed by atoms with E-state index in [1.165, 1.54) is 25.5 Å². The molecule has 4 amide bonds. The van der Waals surface area contributed by atoms with E-state index in [-0.39, 0.29) is 40.5 Å². The Bertz CT molecular complexity index is 1930. The van der Waals surface area contributed by atoms with Crippen LogP contribution in [0.3, 0.4) is 0 Å². The van der Waals surface area contributed by atoms with Gasteiger partial charge in [-0.05, 0) is 99.5 Å². The van der Waals surface area contributed by atoms with Gasteiger partial charge in [0.05, 0.1) is 37.7 Å². The largest absolute Gasteiger partial charge is 0.453 e. The average molecular weight is 785 g/mol. The lowest BCUT2D eigenvalue weighted by atomic mass is 9.51. The third-order valence-electron chi connectivity index (χ3n) is 13.8. The summed E-state index contributed by atoms with van der Waals surface area (Å²) in [4.78, 5) is 72.2. The van der Waals surface area contributed by atoms with Gasteiger partial charge in [0.2, 0.25) is 11.8 Å². The molecule has 2 aliphatic heterocycles. The van der Waals surface area contributed by atoms with Crippen LogP contribution in [-0.2, 0) is 35.4 Å². The van der Waals surface area contributed by atoms with Crippen molar-refractivity contribution in [1.29, 1.82) is 0 Å². The zero-order chi connectivity index (χ0) is 40.7. The number of aromatic amines is 2. The lowest BCUT2D eigenvalue weighted by Crippen LogP contribution is -2.55. The lowest BCUT2D eigenvalue weighted by molar-refractivity contribution is -0.139. The maximum absolute atomic E-state index is 13.9. The molecule has 0 spiro atoms. The number of H-pyrrole nitrogens is 2. The fraction of sp³-hybridized carbons (Fsp3) is 0.628. The zero-order valence-corrected chi connectivity index (χ0v) is 34.6. The number of alkyl carbamates (subject to hydrolysis) is 2. The van der Waals surface area contributed by atoms with E-state index >= 15 is 0 Å². The first-order chi connectivity index (χ1) is 27.2. The zero-order valence-electron chi connectivity index (χ0n) is 34.6. The van der Waals surface area contributed by atoms with Crippen LogP contribution in [0, 0.1) is 11.8 Å². The minimum atomic E-state index is -0.680. The molecule has 4 atom stereocenters. The maximum atomic E-state index is 13.9. The molecule has 2 saturated heterocycles. The normalized spacial score (nSPS) is 26.8. The number of imidazole rings is 2. The molecule has 5 fully saturated rings. The van der Waals surface area contributed by atoms with Crippen molar-refractivity contribution in [2.45, 2.75) is 133 Å². The molecule has 8 rings (SSSR count). The molecule has 0 radical (unpaired) electrons. The fourth-order valence-corrected chi connectivity index (χ4v) is 10.2. The van der Waals surface area contributed by atoms with Gasteiger partial charge in [-0.25, -0.2) is 19.6 Å². The molecule has 2 bridgehead atoms. The first kappa shape index (κ1) is 40.3. The molecular weight excluding hydrogens is 725 g/mol. The van der Waals surface area contributed by atoms with E-state index in [0.717, 1.165) is 87.1 Å². The molecule has 3 aromatic rings. The van der Waals surface area contributed by atoms with Crippen molar-refractivity contribution >= 4 is 24.0 Å². The van der Waals surface area contributed by atoms with Crippen LogP contribution in [0.2, 0.25) is 0 Å². The Hall–Kier alpha value is -4.88. The topological polar surface area (TPSA) is 175 Å². The van der Waals surface area contributed by atoms with Crippen LogP contribution in [-0.4, -0.2) is 93.1 Å². The van der Waals surface area contributed by atoms with E-state index < -0.39 is 29.8 Å². The van der Waals surface area contributed by atoms with Gasteiger partial charge in [-0.3, -0.25) is 9.59 Å². The van der Waals surface area contributed by atoms with E-state index in [9.17, 15) is 19.2 Å². The number of aromatic nitrogens is 4. The summed E-state index contributed by atoms with van der Waals surface area (Å²) >= 11 is 0. The van der Waals surface area contributed by atoms with Crippen molar-refractivity contribution in [2.24, 2.45) is 11.8 Å². The molecule has 14 nitrogen and oxygen atoms in total. The quantitative estimate of drug-likeness (QED) is 0.168. The fourth-order valence-electron chi connectivity index (χ4n) is 10.2. The van der Waals surface area contributed by atoms with Crippen molar-refractivity contribution in [1.82, 2.24) is 40.4 Å². The summed E-state index contributed by atoms with van der Waals surface area (Å²) in [5.74, 6) is 1.16. The summed E-state index contributed by atoms with van der Waals surface area (Å²) in [5, 5.41) is 5.47. The predicted octanol–water partition coefficient (Wildman–Crippen LogP) is 6.61. The van der Waals surface area contributed by atoms with Gasteiger partial charge in [-0.1, -0.05) is 52.0 Å². The highest BCUT2D eigenvalue weighted by Crippen LogP contribution is 2.58. The standard InChI is InChI=1S/C43H60N8O6/c1-26(2)33(48-39(54)56-6)36(52)50-22-8-10-31(50)35-44-24-30(46-35)28-11-13-29(14-12-28)42-16-19-43(20-17-42,21-18-42)32-25-45-38(47-32)41(5)15-9-23-51(41)37(53)34(27(3)4)49-40(55)57-7/h11-14,24-27,31,33-34H,8-10,15-23H2,1-7H3,(H,44,46)(H,45,47)(H,48,54)(H,49,55)/t31-,33-,34-,41?,42?,43?/m0/s1. The van der Waals surface area contributed by atoms with Crippen LogP contribution in [0.25, 0.3) is 11.3 Å². The highest BCUT2D eigenvalue weighted by molar-refractivity contribution is 5.87. The van der Waals surface area contributed by atoms with Gasteiger partial charge in [0, 0.05) is 30.4 Å². The van der Waals surface area contributed by atoms with E-state index in [4.69, 9.17) is 19.4 Å². The van der Waals surface area contributed by atoms with Gasteiger partial charge in [0.15, 0.2) is 0 Å². The van der Waals surface area contributed by atoms with Gasteiger partial charge in [-0.2, -0.15) is 0 Å². The van der Waals surface area contributed by atoms with Crippen LogP contribution in [0.1, 0.15) is 128 Å². The molecular formula is C43H60N8O6. The van der Waals surface area contributed by atoms with Crippen LogP contribution in [0.5, 0.6) is 0 Å². The molecule has 3 aliphatic carbocycles. The molecule has 4 heterocycles. The Kier molecular flexibility index (Phi) is 11.2. The Labute approximate surface area is 335 Å². The number of methoxy groups -OCH3 is 2. The minimum Gasteiger partial charge on any atom is -0.453 e. The van der Waals surface area contributed by atoms with E-state index in [1.807, 2.05) is 49.9 Å². The lowest BCUT2D eigenvalue weighted by Gasteiger charge is -2.53. The molecule has 2 aromatic heterocycles. The van der Waals surface area contributed by atoms with Gasteiger partial charge < -0.3 is 39.9 Å². The van der Waals surface area contributed by atoms with Gasteiger partial charge >= 0.3 is 12.2 Å². The molecule has 57 heavy (non-hydrogen) atoms. The van der Waals surface area contributed by atoms with Gasteiger partial charge in [0.25, 0.3) is 0 Å². The number of carbonyl (C=O) groups is 4. The second-order valence-electron chi connectivity index (χ2n) is 17.7. The summed E-state index contributed by atoms with van der Waals surface area (Å²) in [6.07, 6.45) is 12.5. The molecule has 1 aromatic carbocycles. The number of likely N-dealkylation sites (tertiary alicyclic amines) is 2. The molecule has 308 valence electrons. The average Bonchev–Trinajstić information content (AvgIpc) is 4.06. The minimum absolute atomic E-state index is 0.0377. The van der Waals surface area contributed by atoms with E-state index in [2.05, 4.69) is 51.8 Å². The van der Waals surface area contributed by atoms with Gasteiger partial charge in [0.1, 0.15) is 23.7 Å². The third-order valence-corrected chi connectivity index (χ3v) is 13.8. The SMILES string of the molecule is COC(=O)N[C@H](C(=O)N1CCC[C@H]1c1ncc(-c2ccc(C34CCC(c5cnc(C6(C)CCCN6C(=O)[C@@H](NC(=O)OC)C(C)C)[nH]5)(CC3)CC4)cc2)[nH]1)C(C)C. The number of hydrogen-bond donors (Lipinski definition) is 4. The van der Waals surface area contributed by atoms with Crippen LogP contribution in [0.15, 0.2) is 36.7 Å². The molecule has 14 heteroatoms. The van der Waals surface area contributed by atoms with Crippen molar-refractivity contribution < 1.29 is 28.7 Å². The summed E-state index contributed by atoms with van der Waals surface area (Å²) in [7, 11) is 2.61. The summed E-state index contributed by atoms with van der Waals surface area (Å²) < 4.78 is 9.60. The predicted molar refractivity (Wildman–Crippen MR) is 214 cm³/mol. The Morgan fingerprint density at radius 1 is 0.754 bits per heavy atom. The van der Waals surface area contributed by atoms with Crippen molar-refractivity contribution in [2.75, 3.05) is 27.3 Å². The van der Waals surface area contributed by atoms with Crippen molar-refractivity contribution in [3.05, 3.63) is 59.6 Å². The number of nitrogens with one attached hydrogen (secondary N) is 4. The van der Waals surface area contributed by atoms with E-state index in [1.54, 1.807) is 0 Å². The van der Waals surface area contributed by atoms with Crippen LogP contribution in [0.4, 0.5) is 9.59 Å². The van der Waals surface area contributed by atoms with Crippen LogP contribution < -0.4 is 10.6 Å². The number of ether oxygens (including phenoxy) is 2. The Balaban J connectivity index is 1.01. The highest BCUT2D eigenvalue weighted by Gasteiger charge is 2.52.